The van der Waals surface area contributed by atoms with E-state index in [1.807, 2.05) is 31.7 Å². The molecule has 1 aromatic carbocycles. The van der Waals surface area contributed by atoms with E-state index in [1.54, 1.807) is 0 Å². The van der Waals surface area contributed by atoms with Gasteiger partial charge in [-0.3, -0.25) is 9.59 Å². The third-order valence-corrected chi connectivity index (χ3v) is 4.99. The van der Waals surface area contributed by atoms with E-state index >= 15 is 0 Å². The van der Waals surface area contributed by atoms with Crippen molar-refractivity contribution in [2.24, 2.45) is 11.7 Å². The highest BCUT2D eigenvalue weighted by molar-refractivity contribution is 5.80. The molecule has 1 aliphatic heterocycles. The molecule has 0 unspecified atom stereocenters. The quantitative estimate of drug-likeness (QED) is 0.772. The summed E-state index contributed by atoms with van der Waals surface area (Å²) in [6.07, 6.45) is 3.74. The number of hydrogen-bond acceptors (Lipinski definition) is 3. The van der Waals surface area contributed by atoms with Crippen LogP contribution in [0.25, 0.3) is 0 Å². The molecule has 1 heterocycles. The summed E-state index contributed by atoms with van der Waals surface area (Å²) >= 11 is 0. The van der Waals surface area contributed by atoms with Gasteiger partial charge in [0.05, 0.1) is 12.5 Å². The van der Waals surface area contributed by atoms with E-state index in [1.165, 1.54) is 5.56 Å². The van der Waals surface area contributed by atoms with Crippen LogP contribution in [0.5, 0.6) is 5.75 Å². The van der Waals surface area contributed by atoms with Crippen LogP contribution < -0.4 is 10.5 Å². The largest absolute Gasteiger partial charge is 0.493 e. The minimum absolute atomic E-state index is 0.116. The monoisotopic (exact) mass is 346 g/mol. The first kappa shape index (κ1) is 19.3. The number of ether oxygens (including phenoxy) is 1. The zero-order valence-corrected chi connectivity index (χ0v) is 15.6. The molecule has 25 heavy (non-hydrogen) atoms. The normalized spacial score (nSPS) is 20.4. The molecule has 1 aromatic rings. The molecule has 138 valence electrons. The minimum Gasteiger partial charge on any atom is -0.493 e. The Morgan fingerprint density at radius 2 is 2.00 bits per heavy atom. The fourth-order valence-corrected chi connectivity index (χ4v) is 3.25. The van der Waals surface area contributed by atoms with Crippen molar-refractivity contribution < 1.29 is 14.3 Å². The van der Waals surface area contributed by atoms with Gasteiger partial charge >= 0.3 is 0 Å². The summed E-state index contributed by atoms with van der Waals surface area (Å²) in [4.78, 5) is 25.6. The van der Waals surface area contributed by atoms with Gasteiger partial charge < -0.3 is 15.4 Å². The molecule has 0 bridgehead atoms. The highest BCUT2D eigenvalue weighted by Gasteiger charge is 2.31. The number of benzene rings is 1. The lowest BCUT2D eigenvalue weighted by Crippen LogP contribution is -2.48. The molecule has 5 heteroatoms. The Morgan fingerprint density at radius 1 is 1.24 bits per heavy atom. The van der Waals surface area contributed by atoms with Crippen molar-refractivity contribution in [3.8, 4) is 5.75 Å². The number of hydrogen-bond donors (Lipinski definition) is 1. The fourth-order valence-electron chi connectivity index (χ4n) is 3.25. The molecule has 0 aliphatic carbocycles. The van der Waals surface area contributed by atoms with E-state index in [0.29, 0.717) is 19.6 Å². The Labute approximate surface area is 150 Å². The third-order valence-electron chi connectivity index (χ3n) is 4.99. The highest BCUT2D eigenvalue weighted by atomic mass is 16.5. The fraction of sp³-hybridized carbons (Fsp3) is 0.600. The second-order valence-corrected chi connectivity index (χ2v) is 7.15. The summed E-state index contributed by atoms with van der Waals surface area (Å²) < 4.78 is 5.83. The van der Waals surface area contributed by atoms with Crippen LogP contribution >= 0.6 is 0 Å². The highest BCUT2D eigenvalue weighted by Crippen LogP contribution is 2.23. The maximum Gasteiger partial charge on any atom is 0.222 e. The van der Waals surface area contributed by atoms with Crippen LogP contribution in [0.15, 0.2) is 18.2 Å². The number of nitrogens with zero attached hydrogens (tertiary/aromatic N) is 1. The van der Waals surface area contributed by atoms with E-state index < -0.39 is 0 Å². The van der Waals surface area contributed by atoms with Crippen LogP contribution in [0.4, 0.5) is 0 Å². The van der Waals surface area contributed by atoms with Crippen LogP contribution in [0, 0.1) is 19.8 Å². The molecule has 0 aromatic heterocycles. The van der Waals surface area contributed by atoms with Crippen LogP contribution in [-0.2, 0) is 9.59 Å². The first-order chi connectivity index (χ1) is 11.9. The number of piperidine rings is 1. The number of likely N-dealkylation sites (tertiary alicyclic amines) is 1. The molecule has 2 atom stereocenters. The molecule has 0 saturated carbocycles. The van der Waals surface area contributed by atoms with Gasteiger partial charge in [0.1, 0.15) is 5.75 Å². The molecule has 0 spiro atoms. The van der Waals surface area contributed by atoms with Crippen molar-refractivity contribution in [3.05, 3.63) is 29.3 Å². The van der Waals surface area contributed by atoms with E-state index in [-0.39, 0.29) is 23.8 Å². The number of carbonyl (C=O) groups is 2. The average Bonchev–Trinajstić information content (AvgIpc) is 2.57. The predicted octanol–water partition coefficient (Wildman–Crippen LogP) is 2.96. The van der Waals surface area contributed by atoms with Crippen molar-refractivity contribution in [1.29, 1.82) is 0 Å². The summed E-state index contributed by atoms with van der Waals surface area (Å²) in [7, 11) is 0. The average molecular weight is 346 g/mol. The molecular weight excluding hydrogens is 316 g/mol. The summed E-state index contributed by atoms with van der Waals surface area (Å²) in [5.74, 6) is 0.532. The van der Waals surface area contributed by atoms with Crippen molar-refractivity contribution in [2.45, 2.75) is 58.9 Å². The molecule has 5 nitrogen and oxygen atoms in total. The second kappa shape index (κ2) is 8.88. The number of aryl methyl sites for hydroxylation is 2. The van der Waals surface area contributed by atoms with E-state index in [2.05, 4.69) is 12.1 Å². The van der Waals surface area contributed by atoms with Crippen LogP contribution in [0.3, 0.4) is 0 Å². The summed E-state index contributed by atoms with van der Waals surface area (Å²) in [5, 5.41) is 0. The number of carbonyl (C=O) groups excluding carboxylic acids is 2. The maximum atomic E-state index is 12.4. The molecule has 1 fully saturated rings. The first-order valence-electron chi connectivity index (χ1n) is 9.17. The molecular formula is C20H30N2O3. The van der Waals surface area contributed by atoms with Gasteiger partial charge in [0.25, 0.3) is 0 Å². The molecule has 0 radical (unpaired) electrons. The van der Waals surface area contributed by atoms with Gasteiger partial charge in [0, 0.05) is 19.0 Å². The maximum absolute atomic E-state index is 12.4. The summed E-state index contributed by atoms with van der Waals surface area (Å²) in [6, 6.07) is 6.36. The van der Waals surface area contributed by atoms with Gasteiger partial charge in [-0.2, -0.15) is 0 Å². The third kappa shape index (κ3) is 5.48. The van der Waals surface area contributed by atoms with Gasteiger partial charge in [-0.05, 0) is 63.6 Å². The zero-order chi connectivity index (χ0) is 18.4. The predicted molar refractivity (Wildman–Crippen MR) is 98.4 cm³/mol. The van der Waals surface area contributed by atoms with Gasteiger partial charge in [0.2, 0.25) is 11.8 Å². The lowest BCUT2D eigenvalue weighted by molar-refractivity contribution is -0.137. The topological polar surface area (TPSA) is 72.6 Å². The van der Waals surface area contributed by atoms with E-state index in [9.17, 15) is 9.59 Å². The Morgan fingerprint density at radius 3 is 2.72 bits per heavy atom. The Balaban J connectivity index is 1.72. The smallest absolute Gasteiger partial charge is 0.222 e. The SMILES string of the molecule is Cc1ccc(C)c(OCCCCC(=O)N2C[C@@H](C(N)=O)CC[C@H]2C)c1. The molecule has 1 saturated heterocycles. The van der Waals surface area contributed by atoms with Crippen LogP contribution in [0.1, 0.15) is 50.2 Å². The van der Waals surface area contributed by atoms with Crippen molar-refractivity contribution in [2.75, 3.05) is 13.2 Å². The minimum atomic E-state index is -0.299. The van der Waals surface area contributed by atoms with Crippen LogP contribution in [0.2, 0.25) is 0 Å². The van der Waals surface area contributed by atoms with Gasteiger partial charge in [-0.25, -0.2) is 0 Å². The number of primary amides is 1. The Bertz CT molecular complexity index is 615. The van der Waals surface area contributed by atoms with Gasteiger partial charge in [-0.1, -0.05) is 12.1 Å². The summed E-state index contributed by atoms with van der Waals surface area (Å²) in [5.41, 5.74) is 7.71. The zero-order valence-electron chi connectivity index (χ0n) is 15.6. The lowest BCUT2D eigenvalue weighted by Gasteiger charge is -2.37. The van der Waals surface area contributed by atoms with Gasteiger partial charge in [0.15, 0.2) is 0 Å². The second-order valence-electron chi connectivity index (χ2n) is 7.15. The molecule has 2 N–H and O–H groups in total. The number of rotatable bonds is 7. The first-order valence-corrected chi connectivity index (χ1v) is 9.17. The molecule has 1 aliphatic rings. The van der Waals surface area contributed by atoms with E-state index in [4.69, 9.17) is 10.5 Å². The lowest BCUT2D eigenvalue weighted by atomic mass is 9.92. The standard InChI is InChI=1S/C20H30N2O3/c1-14-7-8-15(2)18(12-14)25-11-5-4-6-19(23)22-13-17(20(21)24)10-9-16(22)3/h7-8,12,16-17H,4-6,9-11,13H2,1-3H3,(H2,21,24)/t16-,17+/m1/s1. The number of unbranched alkanes of at least 4 members (excludes halogenated alkanes) is 1. The van der Waals surface area contributed by atoms with Crippen LogP contribution in [-0.4, -0.2) is 35.9 Å². The molecule has 2 rings (SSSR count). The Hall–Kier alpha value is -2.04. The van der Waals surface area contributed by atoms with Crippen molar-refractivity contribution in [3.63, 3.8) is 0 Å². The summed E-state index contributed by atoms with van der Waals surface area (Å²) in [6.45, 7) is 7.19. The van der Waals surface area contributed by atoms with Crippen molar-refractivity contribution >= 4 is 11.8 Å². The van der Waals surface area contributed by atoms with Gasteiger partial charge in [-0.15, -0.1) is 0 Å². The number of nitrogens with two attached hydrogens (primary N) is 1. The van der Waals surface area contributed by atoms with Crippen molar-refractivity contribution in [1.82, 2.24) is 4.90 Å². The molecule has 2 amide bonds. The Kier molecular flexibility index (Phi) is 6.85. The van der Waals surface area contributed by atoms with E-state index in [0.717, 1.165) is 37.0 Å². The number of amides is 2.